The first-order chi connectivity index (χ1) is 18.3. The number of carbonyl (C=O) groups is 1. The van der Waals surface area contributed by atoms with Gasteiger partial charge in [0, 0.05) is 49.7 Å². The van der Waals surface area contributed by atoms with E-state index in [2.05, 4.69) is 42.8 Å². The van der Waals surface area contributed by atoms with E-state index in [-0.39, 0.29) is 11.7 Å². The van der Waals surface area contributed by atoms with E-state index >= 15 is 0 Å². The molecular formula is C27H33N7O4. The average Bonchev–Trinajstić information content (AvgIpc) is 2.90. The maximum Gasteiger partial charge on any atom is 0.263 e. The minimum absolute atomic E-state index is 0.0189. The molecule has 1 saturated heterocycles. The van der Waals surface area contributed by atoms with E-state index in [0.717, 1.165) is 43.1 Å². The summed E-state index contributed by atoms with van der Waals surface area (Å²) in [6, 6.07) is 7.19. The predicted octanol–water partition coefficient (Wildman–Crippen LogP) is 3.03. The third-order valence-electron chi connectivity index (χ3n) is 6.92. The van der Waals surface area contributed by atoms with E-state index in [1.165, 1.54) is 6.20 Å². The number of carbonyl (C=O) groups excluding carboxylic acids is 1. The molecule has 1 unspecified atom stereocenters. The van der Waals surface area contributed by atoms with Crippen molar-refractivity contribution in [2.45, 2.75) is 20.0 Å². The summed E-state index contributed by atoms with van der Waals surface area (Å²) in [6.45, 7) is 8.28. The van der Waals surface area contributed by atoms with Gasteiger partial charge in [-0.3, -0.25) is 9.59 Å². The molecule has 0 saturated carbocycles. The lowest BCUT2D eigenvalue weighted by Gasteiger charge is -2.34. The fourth-order valence-electron chi connectivity index (χ4n) is 4.69. The SMILES string of the molecule is COc1cc(NC(=O)c2c(Nc3cnc4c(c3C)NCC(C)O4)cc[nH]c2=O)ccc1N1CCN(C)CC1. The number of ether oxygens (including phenoxy) is 2. The van der Waals surface area contributed by atoms with Gasteiger partial charge in [-0.25, -0.2) is 4.98 Å². The summed E-state index contributed by atoms with van der Waals surface area (Å²) in [5.74, 6) is 0.653. The van der Waals surface area contributed by atoms with Crippen LogP contribution in [0.2, 0.25) is 0 Å². The molecule has 2 aromatic heterocycles. The zero-order valence-corrected chi connectivity index (χ0v) is 22.1. The Kier molecular flexibility index (Phi) is 7.10. The number of benzene rings is 1. The van der Waals surface area contributed by atoms with Gasteiger partial charge in [-0.15, -0.1) is 0 Å². The number of methoxy groups -OCH3 is 1. The van der Waals surface area contributed by atoms with Crippen LogP contribution in [0.5, 0.6) is 11.6 Å². The number of amides is 1. The van der Waals surface area contributed by atoms with Crippen molar-refractivity contribution in [3.8, 4) is 11.6 Å². The first kappa shape index (κ1) is 25.4. The number of likely N-dealkylation sites (N-methyl/N-ethyl adjacent to an activating group) is 1. The van der Waals surface area contributed by atoms with E-state index in [4.69, 9.17) is 9.47 Å². The van der Waals surface area contributed by atoms with Gasteiger partial charge in [-0.2, -0.15) is 0 Å². The lowest BCUT2D eigenvalue weighted by atomic mass is 10.1. The van der Waals surface area contributed by atoms with Crippen LogP contribution in [0.25, 0.3) is 0 Å². The zero-order chi connectivity index (χ0) is 26.8. The Labute approximate surface area is 221 Å². The normalized spacial score (nSPS) is 17.2. The lowest BCUT2D eigenvalue weighted by Crippen LogP contribution is -2.44. The summed E-state index contributed by atoms with van der Waals surface area (Å²) in [6.07, 6.45) is 3.16. The van der Waals surface area contributed by atoms with Crippen LogP contribution in [-0.2, 0) is 0 Å². The summed E-state index contributed by atoms with van der Waals surface area (Å²) < 4.78 is 11.4. The van der Waals surface area contributed by atoms with Crippen LogP contribution in [0.3, 0.4) is 0 Å². The lowest BCUT2D eigenvalue weighted by molar-refractivity contribution is 0.102. The van der Waals surface area contributed by atoms with Crippen LogP contribution in [0.15, 0.2) is 41.5 Å². The molecule has 1 aromatic carbocycles. The molecule has 5 rings (SSSR count). The molecule has 0 bridgehead atoms. The summed E-state index contributed by atoms with van der Waals surface area (Å²) in [5.41, 5.74) is 3.64. The molecule has 3 aromatic rings. The van der Waals surface area contributed by atoms with Crippen LogP contribution in [0, 0.1) is 6.92 Å². The highest BCUT2D eigenvalue weighted by atomic mass is 16.5. The van der Waals surface area contributed by atoms with Crippen LogP contribution < -0.4 is 35.9 Å². The molecule has 0 spiro atoms. The van der Waals surface area contributed by atoms with Gasteiger partial charge in [-0.1, -0.05) is 0 Å². The Bertz CT molecular complexity index is 1400. The highest BCUT2D eigenvalue weighted by Crippen LogP contribution is 2.36. The Balaban J connectivity index is 1.38. The molecule has 4 N–H and O–H groups in total. The van der Waals surface area contributed by atoms with Crippen molar-refractivity contribution < 1.29 is 14.3 Å². The average molecular weight is 520 g/mol. The number of hydrogen-bond donors (Lipinski definition) is 4. The Morgan fingerprint density at radius 1 is 1.18 bits per heavy atom. The van der Waals surface area contributed by atoms with Gasteiger partial charge < -0.3 is 40.2 Å². The van der Waals surface area contributed by atoms with Crippen molar-refractivity contribution in [2.75, 3.05) is 67.7 Å². The number of anilines is 5. The molecule has 2 aliphatic rings. The standard InChI is InChI=1S/C27H33N7O4/c1-16-14-29-24-17(2)20(15-30-27(24)38-16)32-19-7-8-28-25(35)23(19)26(36)31-18-5-6-21(22(13-18)37-4)34-11-9-33(3)10-12-34/h5-8,13,15-16,29H,9-12,14H2,1-4H3,(H,31,36)(H2,28,32,35). The number of piperazine rings is 1. The number of rotatable bonds is 6. The van der Waals surface area contributed by atoms with Gasteiger partial charge in [-0.05, 0) is 39.1 Å². The number of H-pyrrole nitrogens is 1. The van der Waals surface area contributed by atoms with Gasteiger partial charge in [0.2, 0.25) is 5.88 Å². The highest BCUT2D eigenvalue weighted by Gasteiger charge is 2.23. The van der Waals surface area contributed by atoms with Gasteiger partial charge in [0.15, 0.2) is 0 Å². The molecule has 2 aliphatic heterocycles. The van der Waals surface area contributed by atoms with Crippen LogP contribution in [0.1, 0.15) is 22.8 Å². The molecule has 0 radical (unpaired) electrons. The van der Waals surface area contributed by atoms with Crippen LogP contribution in [-0.4, -0.2) is 73.8 Å². The molecule has 11 heteroatoms. The van der Waals surface area contributed by atoms with E-state index in [1.54, 1.807) is 25.4 Å². The predicted molar refractivity (Wildman–Crippen MR) is 149 cm³/mol. The van der Waals surface area contributed by atoms with E-state index < -0.39 is 11.5 Å². The third kappa shape index (κ3) is 5.10. The number of aromatic amines is 1. The van der Waals surface area contributed by atoms with E-state index in [1.807, 2.05) is 26.0 Å². The smallest absolute Gasteiger partial charge is 0.263 e. The second-order valence-corrected chi connectivity index (χ2v) is 9.64. The molecule has 0 aliphatic carbocycles. The fraction of sp³-hybridized carbons (Fsp3) is 0.370. The van der Waals surface area contributed by atoms with Crippen LogP contribution >= 0.6 is 0 Å². The van der Waals surface area contributed by atoms with E-state index in [9.17, 15) is 9.59 Å². The zero-order valence-electron chi connectivity index (χ0n) is 22.1. The number of nitrogens with one attached hydrogen (secondary N) is 4. The molecule has 38 heavy (non-hydrogen) atoms. The Morgan fingerprint density at radius 2 is 1.97 bits per heavy atom. The van der Waals surface area contributed by atoms with Crippen molar-refractivity contribution in [1.82, 2.24) is 14.9 Å². The van der Waals surface area contributed by atoms with Gasteiger partial charge >= 0.3 is 0 Å². The van der Waals surface area contributed by atoms with Crippen molar-refractivity contribution in [1.29, 1.82) is 0 Å². The topological polar surface area (TPSA) is 124 Å². The number of aromatic nitrogens is 2. The molecule has 1 amide bonds. The third-order valence-corrected chi connectivity index (χ3v) is 6.92. The quantitative estimate of drug-likeness (QED) is 0.389. The van der Waals surface area contributed by atoms with E-state index in [0.29, 0.717) is 35.2 Å². The Morgan fingerprint density at radius 3 is 2.74 bits per heavy atom. The largest absolute Gasteiger partial charge is 0.495 e. The minimum Gasteiger partial charge on any atom is -0.495 e. The molecule has 11 nitrogen and oxygen atoms in total. The molecule has 200 valence electrons. The van der Waals surface area contributed by atoms with Crippen LogP contribution in [0.4, 0.5) is 28.4 Å². The van der Waals surface area contributed by atoms with Gasteiger partial charge in [0.1, 0.15) is 23.1 Å². The molecular weight excluding hydrogens is 486 g/mol. The van der Waals surface area contributed by atoms with Crippen molar-refractivity contribution in [3.63, 3.8) is 0 Å². The molecule has 1 fully saturated rings. The number of pyridine rings is 2. The number of nitrogens with zero attached hydrogens (tertiary/aromatic N) is 3. The number of fused-ring (bicyclic) bond motifs is 1. The first-order valence-corrected chi connectivity index (χ1v) is 12.7. The minimum atomic E-state index is -0.539. The summed E-state index contributed by atoms with van der Waals surface area (Å²) >= 11 is 0. The fourth-order valence-corrected chi connectivity index (χ4v) is 4.69. The molecule has 4 heterocycles. The first-order valence-electron chi connectivity index (χ1n) is 12.7. The summed E-state index contributed by atoms with van der Waals surface area (Å²) in [7, 11) is 3.72. The van der Waals surface area contributed by atoms with Crippen molar-refractivity contribution >= 4 is 34.3 Å². The number of hydrogen-bond acceptors (Lipinski definition) is 9. The summed E-state index contributed by atoms with van der Waals surface area (Å²) in [4.78, 5) is 37.7. The second kappa shape index (κ2) is 10.6. The second-order valence-electron chi connectivity index (χ2n) is 9.64. The maximum atomic E-state index is 13.3. The van der Waals surface area contributed by atoms with Crippen molar-refractivity contribution in [2.24, 2.45) is 0 Å². The highest BCUT2D eigenvalue weighted by molar-refractivity contribution is 6.08. The summed E-state index contributed by atoms with van der Waals surface area (Å²) in [5, 5.41) is 9.40. The monoisotopic (exact) mass is 519 g/mol. The van der Waals surface area contributed by atoms with Gasteiger partial charge in [0.25, 0.3) is 11.5 Å². The Hall–Kier alpha value is -4.25. The maximum absolute atomic E-state index is 13.3. The van der Waals surface area contributed by atoms with Gasteiger partial charge in [0.05, 0.1) is 36.9 Å². The van der Waals surface area contributed by atoms with Crippen molar-refractivity contribution in [3.05, 3.63) is 58.1 Å². The molecule has 1 atom stereocenters.